The van der Waals surface area contributed by atoms with E-state index >= 15 is 0 Å². The molecule has 15 heavy (non-hydrogen) atoms. The van der Waals surface area contributed by atoms with E-state index in [4.69, 9.17) is 0 Å². The van der Waals surface area contributed by atoms with Gasteiger partial charge in [0.25, 0.3) is 0 Å². The van der Waals surface area contributed by atoms with Gasteiger partial charge in [-0.05, 0) is 17.7 Å². The molecule has 1 aromatic rings. The lowest BCUT2D eigenvalue weighted by atomic mass is 10.1. The molecule has 0 saturated heterocycles. The maximum Gasteiger partial charge on any atom is 0.416 e. The molecule has 0 spiro atoms. The molecule has 0 aliphatic carbocycles. The van der Waals surface area contributed by atoms with Crippen LogP contribution in [0.4, 0.5) is 18.9 Å². The van der Waals surface area contributed by atoms with Crippen LogP contribution in [0.25, 0.3) is 5.57 Å². The van der Waals surface area contributed by atoms with Gasteiger partial charge in [-0.2, -0.15) is 18.2 Å². The molecule has 1 rings (SSSR count). The second-order valence-corrected chi connectivity index (χ2v) is 2.73. The molecule has 0 amide bonds. The molecular weight excluding hydrogens is 207 g/mol. The van der Waals surface area contributed by atoms with Gasteiger partial charge in [-0.25, -0.2) is 4.79 Å². The van der Waals surface area contributed by atoms with Crippen molar-refractivity contribution in [1.82, 2.24) is 0 Å². The van der Waals surface area contributed by atoms with E-state index in [9.17, 15) is 18.0 Å². The zero-order chi connectivity index (χ0) is 11.5. The topological polar surface area (TPSA) is 29.4 Å². The summed E-state index contributed by atoms with van der Waals surface area (Å²) in [5.74, 6) is 0. The molecule has 0 fully saturated rings. The highest BCUT2D eigenvalue weighted by Gasteiger charge is 2.32. The molecule has 78 valence electrons. The Morgan fingerprint density at radius 2 is 1.80 bits per heavy atom. The van der Waals surface area contributed by atoms with E-state index in [1.54, 1.807) is 0 Å². The minimum Gasteiger partial charge on any atom is -0.211 e. The van der Waals surface area contributed by atoms with Gasteiger partial charge in [0.1, 0.15) is 0 Å². The summed E-state index contributed by atoms with van der Waals surface area (Å²) in [5.41, 5.74) is -0.722. The number of allylic oxidation sites excluding steroid dienone is 1. The Hall–Kier alpha value is -1.87. The van der Waals surface area contributed by atoms with Crippen LogP contribution in [0.1, 0.15) is 5.56 Å². The number of alkyl halides is 3. The van der Waals surface area contributed by atoms with Crippen LogP contribution < -0.4 is 0 Å². The molecule has 0 aliphatic rings. The summed E-state index contributed by atoms with van der Waals surface area (Å²) in [6.07, 6.45) is -3.16. The highest BCUT2D eigenvalue weighted by Crippen LogP contribution is 2.32. The molecule has 5 heteroatoms. The van der Waals surface area contributed by atoms with Crippen LogP contribution in [-0.4, -0.2) is 12.3 Å². The fourth-order valence-electron chi connectivity index (χ4n) is 0.954. The molecule has 0 radical (unpaired) electrons. The molecule has 0 N–H and O–H groups in total. The Bertz CT molecular complexity index is 413. The number of halogens is 3. The summed E-state index contributed by atoms with van der Waals surface area (Å²) in [5, 5.41) is 0. The number of hydrogen-bond acceptors (Lipinski definition) is 2. The number of carbonyl (C=O) groups excluding carboxylic acids is 1. The Kier molecular flexibility index (Phi) is 3.07. The van der Waals surface area contributed by atoms with Crippen LogP contribution in [0.2, 0.25) is 0 Å². The van der Waals surface area contributed by atoms with Gasteiger partial charge in [0.05, 0.1) is 11.3 Å². The van der Waals surface area contributed by atoms with Crippen molar-refractivity contribution in [1.29, 1.82) is 0 Å². The number of isocyanates is 1. The summed E-state index contributed by atoms with van der Waals surface area (Å²) < 4.78 is 36.6. The van der Waals surface area contributed by atoms with Crippen molar-refractivity contribution in [2.24, 2.45) is 4.99 Å². The van der Waals surface area contributed by atoms with Crippen molar-refractivity contribution in [2.75, 3.05) is 0 Å². The lowest BCUT2D eigenvalue weighted by molar-refractivity contribution is -0.0686. The van der Waals surface area contributed by atoms with E-state index in [0.717, 1.165) is 0 Å². The van der Waals surface area contributed by atoms with E-state index in [2.05, 4.69) is 11.6 Å². The van der Waals surface area contributed by atoms with Gasteiger partial charge in [-0.1, -0.05) is 18.7 Å². The molecule has 0 heterocycles. The highest BCUT2D eigenvalue weighted by atomic mass is 19.4. The van der Waals surface area contributed by atoms with Gasteiger partial charge in [0.2, 0.25) is 6.08 Å². The molecule has 0 aliphatic heterocycles. The summed E-state index contributed by atoms with van der Waals surface area (Å²) in [4.78, 5) is 13.1. The van der Waals surface area contributed by atoms with Gasteiger partial charge in [0, 0.05) is 0 Å². The van der Waals surface area contributed by atoms with Gasteiger partial charge in [0.15, 0.2) is 0 Å². The number of hydrogen-bond donors (Lipinski definition) is 0. The highest BCUT2D eigenvalue weighted by molar-refractivity contribution is 5.68. The van der Waals surface area contributed by atoms with Crippen molar-refractivity contribution >= 4 is 17.3 Å². The molecule has 2 nitrogen and oxygen atoms in total. The second kappa shape index (κ2) is 4.11. The van der Waals surface area contributed by atoms with Crippen molar-refractivity contribution in [3.8, 4) is 0 Å². The Labute approximate surface area is 83.8 Å². The third-order valence-corrected chi connectivity index (χ3v) is 1.73. The van der Waals surface area contributed by atoms with Crippen LogP contribution >= 0.6 is 0 Å². The molecule has 0 bridgehead atoms. The standard InChI is InChI=1S/C10H6F3NO/c1-7(10(11,12)13)8-2-4-9(5-3-8)14-6-15/h2-5H,1H2. The molecule has 0 saturated carbocycles. The Balaban J connectivity index is 2.99. The van der Waals surface area contributed by atoms with E-state index in [0.29, 0.717) is 0 Å². The number of nitrogens with zero attached hydrogens (tertiary/aromatic N) is 1. The van der Waals surface area contributed by atoms with Gasteiger partial charge >= 0.3 is 6.18 Å². The fourth-order valence-corrected chi connectivity index (χ4v) is 0.954. The molecule has 1 aromatic carbocycles. The Morgan fingerprint density at radius 3 is 2.20 bits per heavy atom. The molecule has 0 atom stereocenters. The van der Waals surface area contributed by atoms with Crippen molar-refractivity contribution in [3.05, 3.63) is 36.4 Å². The van der Waals surface area contributed by atoms with E-state index in [1.165, 1.54) is 30.3 Å². The first-order valence-corrected chi connectivity index (χ1v) is 3.89. The van der Waals surface area contributed by atoms with Gasteiger partial charge < -0.3 is 0 Å². The van der Waals surface area contributed by atoms with Crippen LogP contribution in [-0.2, 0) is 4.79 Å². The first-order valence-electron chi connectivity index (χ1n) is 3.89. The van der Waals surface area contributed by atoms with Crippen LogP contribution in [0.5, 0.6) is 0 Å². The predicted molar refractivity (Wildman–Crippen MR) is 49.3 cm³/mol. The van der Waals surface area contributed by atoms with Crippen LogP contribution in [0.15, 0.2) is 35.8 Å². The molecular formula is C10H6F3NO. The smallest absolute Gasteiger partial charge is 0.211 e. The normalized spacial score (nSPS) is 10.6. The van der Waals surface area contributed by atoms with E-state index < -0.39 is 11.7 Å². The monoisotopic (exact) mass is 213 g/mol. The lowest BCUT2D eigenvalue weighted by Crippen LogP contribution is -2.09. The SMILES string of the molecule is C=C(c1ccc(N=C=O)cc1)C(F)(F)F. The summed E-state index contributed by atoms with van der Waals surface area (Å²) in [6, 6.07) is 4.98. The molecule has 0 aromatic heterocycles. The quantitative estimate of drug-likeness (QED) is 0.547. The average molecular weight is 213 g/mol. The van der Waals surface area contributed by atoms with E-state index in [-0.39, 0.29) is 11.3 Å². The predicted octanol–water partition coefficient (Wildman–Crippen LogP) is 3.23. The van der Waals surface area contributed by atoms with Crippen molar-refractivity contribution in [3.63, 3.8) is 0 Å². The lowest BCUT2D eigenvalue weighted by Gasteiger charge is -2.09. The molecule has 0 unspecified atom stereocenters. The van der Waals surface area contributed by atoms with Crippen LogP contribution in [0.3, 0.4) is 0 Å². The minimum absolute atomic E-state index is 0.0488. The van der Waals surface area contributed by atoms with E-state index in [1.807, 2.05) is 0 Å². The third-order valence-electron chi connectivity index (χ3n) is 1.73. The number of rotatable bonds is 2. The average Bonchev–Trinajstić information content (AvgIpc) is 2.17. The summed E-state index contributed by atoms with van der Waals surface area (Å²) in [6.45, 7) is 2.94. The largest absolute Gasteiger partial charge is 0.416 e. The maximum atomic E-state index is 12.2. The first kappa shape index (κ1) is 11.2. The van der Waals surface area contributed by atoms with Crippen molar-refractivity contribution < 1.29 is 18.0 Å². The number of benzene rings is 1. The van der Waals surface area contributed by atoms with Gasteiger partial charge in [-0.15, -0.1) is 0 Å². The van der Waals surface area contributed by atoms with Gasteiger partial charge in [-0.3, -0.25) is 0 Å². The summed E-state index contributed by atoms with van der Waals surface area (Å²) >= 11 is 0. The third kappa shape index (κ3) is 2.79. The minimum atomic E-state index is -4.45. The Morgan fingerprint density at radius 1 is 1.27 bits per heavy atom. The fraction of sp³-hybridized carbons (Fsp3) is 0.100. The van der Waals surface area contributed by atoms with Crippen LogP contribution in [0, 0.1) is 0 Å². The maximum absolute atomic E-state index is 12.2. The second-order valence-electron chi connectivity index (χ2n) is 2.73. The first-order chi connectivity index (χ1) is 6.95. The van der Waals surface area contributed by atoms with Crippen molar-refractivity contribution in [2.45, 2.75) is 6.18 Å². The zero-order valence-corrected chi connectivity index (χ0v) is 7.51. The number of aliphatic imine (C=N–C) groups is 1. The zero-order valence-electron chi connectivity index (χ0n) is 7.51. The summed E-state index contributed by atoms with van der Waals surface area (Å²) in [7, 11) is 0.